The van der Waals surface area contributed by atoms with Crippen LogP contribution in [0.5, 0.6) is 0 Å². The molecule has 0 spiro atoms. The Labute approximate surface area is 125 Å². The molecule has 20 heavy (non-hydrogen) atoms. The van der Waals surface area contributed by atoms with Crippen molar-refractivity contribution in [1.29, 1.82) is 0 Å². The fourth-order valence-electron chi connectivity index (χ4n) is 2.39. The average molecular weight is 297 g/mol. The highest BCUT2D eigenvalue weighted by Crippen LogP contribution is 2.16. The molecular formula is C15H21ClN2O2. The van der Waals surface area contributed by atoms with Gasteiger partial charge in [0.25, 0.3) is 0 Å². The van der Waals surface area contributed by atoms with E-state index in [0.717, 1.165) is 31.5 Å². The lowest BCUT2D eigenvalue weighted by atomic mass is 10.1. The maximum atomic E-state index is 12.1. The van der Waals surface area contributed by atoms with Crippen molar-refractivity contribution in [2.45, 2.75) is 25.5 Å². The van der Waals surface area contributed by atoms with Gasteiger partial charge >= 0.3 is 0 Å². The van der Waals surface area contributed by atoms with Crippen molar-refractivity contribution in [3.05, 3.63) is 34.9 Å². The molecular weight excluding hydrogens is 276 g/mol. The van der Waals surface area contributed by atoms with Gasteiger partial charge in [0.05, 0.1) is 6.61 Å². The van der Waals surface area contributed by atoms with Crippen LogP contribution in [0.15, 0.2) is 24.3 Å². The van der Waals surface area contributed by atoms with Gasteiger partial charge in [0, 0.05) is 24.2 Å². The van der Waals surface area contributed by atoms with Crippen molar-refractivity contribution < 1.29 is 9.53 Å². The lowest BCUT2D eigenvalue weighted by Crippen LogP contribution is -2.48. The number of hydrogen-bond acceptors (Lipinski definition) is 3. The molecule has 110 valence electrons. The average Bonchev–Trinajstić information content (AvgIpc) is 2.49. The Bertz CT molecular complexity index is 453. The molecule has 1 aliphatic rings. The molecule has 1 aromatic carbocycles. The molecule has 0 aliphatic carbocycles. The van der Waals surface area contributed by atoms with Crippen molar-refractivity contribution in [2.75, 3.05) is 26.7 Å². The normalized spacial score (nSPS) is 19.1. The van der Waals surface area contributed by atoms with Crippen molar-refractivity contribution in [1.82, 2.24) is 10.2 Å². The molecule has 2 rings (SSSR count). The molecule has 1 atom stereocenters. The number of nitrogens with one attached hydrogen (secondary N) is 1. The summed E-state index contributed by atoms with van der Waals surface area (Å²) in [6.45, 7) is 2.08. The minimum atomic E-state index is 0.0528. The second kappa shape index (κ2) is 7.62. The van der Waals surface area contributed by atoms with Crippen LogP contribution in [0.25, 0.3) is 0 Å². The molecule has 4 nitrogen and oxygen atoms in total. The van der Waals surface area contributed by atoms with Gasteiger partial charge in [0.15, 0.2) is 0 Å². The fraction of sp³-hybridized carbons (Fsp3) is 0.533. The van der Waals surface area contributed by atoms with Gasteiger partial charge in [0.1, 0.15) is 6.61 Å². The number of carbonyl (C=O) groups excluding carboxylic acids is 1. The predicted octanol–water partition coefficient (Wildman–Crippen LogP) is 2.07. The van der Waals surface area contributed by atoms with Crippen LogP contribution in [0, 0.1) is 0 Å². The number of carbonyl (C=O) groups is 1. The molecule has 0 radical (unpaired) electrons. The van der Waals surface area contributed by atoms with Crippen LogP contribution in [0.3, 0.4) is 0 Å². The molecule has 1 aromatic rings. The number of rotatable bonds is 5. The standard InChI is InChI=1S/C15H21ClN2O2/c1-17-13-6-4-8-18(9-13)15(19)11-20-10-12-5-2-3-7-14(12)16/h2-3,5,7,13,17H,4,6,8-11H2,1H3/t13-/m0/s1. The third-order valence-electron chi connectivity index (χ3n) is 3.62. The summed E-state index contributed by atoms with van der Waals surface area (Å²) in [4.78, 5) is 13.9. The summed E-state index contributed by atoms with van der Waals surface area (Å²) in [7, 11) is 1.94. The van der Waals surface area contributed by atoms with E-state index in [1.807, 2.05) is 36.2 Å². The van der Waals surface area contributed by atoms with Gasteiger partial charge < -0.3 is 15.0 Å². The van der Waals surface area contributed by atoms with E-state index < -0.39 is 0 Å². The lowest BCUT2D eigenvalue weighted by molar-refractivity contribution is -0.137. The highest BCUT2D eigenvalue weighted by atomic mass is 35.5. The largest absolute Gasteiger partial charge is 0.367 e. The molecule has 0 unspecified atom stereocenters. The molecule has 0 aromatic heterocycles. The minimum Gasteiger partial charge on any atom is -0.367 e. The van der Waals surface area contributed by atoms with Gasteiger partial charge in [-0.3, -0.25) is 4.79 Å². The number of halogens is 1. The second-order valence-corrected chi connectivity index (χ2v) is 5.46. The van der Waals surface area contributed by atoms with Crippen LogP contribution in [0.2, 0.25) is 5.02 Å². The summed E-state index contributed by atoms with van der Waals surface area (Å²) in [5, 5.41) is 3.90. The first-order valence-electron chi connectivity index (χ1n) is 6.97. The van der Waals surface area contributed by atoms with E-state index in [2.05, 4.69) is 5.32 Å². The third kappa shape index (κ3) is 4.20. The Balaban J connectivity index is 1.76. The fourth-order valence-corrected chi connectivity index (χ4v) is 2.58. The van der Waals surface area contributed by atoms with Gasteiger partial charge in [-0.1, -0.05) is 29.8 Å². The van der Waals surface area contributed by atoms with Gasteiger partial charge in [-0.2, -0.15) is 0 Å². The summed E-state index contributed by atoms with van der Waals surface area (Å²) in [5.74, 6) is 0.0528. The Morgan fingerprint density at radius 1 is 1.50 bits per heavy atom. The van der Waals surface area contributed by atoms with E-state index in [-0.39, 0.29) is 12.5 Å². The Hall–Kier alpha value is -1.10. The Morgan fingerprint density at radius 2 is 2.30 bits per heavy atom. The van der Waals surface area contributed by atoms with Crippen LogP contribution >= 0.6 is 11.6 Å². The van der Waals surface area contributed by atoms with E-state index >= 15 is 0 Å². The second-order valence-electron chi connectivity index (χ2n) is 5.05. The zero-order valence-electron chi connectivity index (χ0n) is 11.8. The van der Waals surface area contributed by atoms with Crippen molar-refractivity contribution in [2.24, 2.45) is 0 Å². The number of benzene rings is 1. The van der Waals surface area contributed by atoms with E-state index in [1.165, 1.54) is 0 Å². The van der Waals surface area contributed by atoms with Crippen LogP contribution in [0.4, 0.5) is 0 Å². The number of piperidine rings is 1. The number of ether oxygens (including phenoxy) is 1. The van der Waals surface area contributed by atoms with Gasteiger partial charge in [0.2, 0.25) is 5.91 Å². The van der Waals surface area contributed by atoms with Crippen molar-refractivity contribution >= 4 is 17.5 Å². The third-order valence-corrected chi connectivity index (χ3v) is 3.99. The van der Waals surface area contributed by atoms with Crippen LogP contribution in [-0.4, -0.2) is 43.6 Å². The number of nitrogens with zero attached hydrogens (tertiary/aromatic N) is 1. The molecule has 1 fully saturated rings. The van der Waals surface area contributed by atoms with Crippen LogP contribution in [0.1, 0.15) is 18.4 Å². The first kappa shape index (κ1) is 15.3. The quantitative estimate of drug-likeness (QED) is 0.904. The van der Waals surface area contributed by atoms with E-state index in [0.29, 0.717) is 17.7 Å². The number of likely N-dealkylation sites (tertiary alicyclic amines) is 1. The molecule has 1 amide bonds. The lowest BCUT2D eigenvalue weighted by Gasteiger charge is -2.32. The predicted molar refractivity (Wildman–Crippen MR) is 79.8 cm³/mol. The molecule has 1 N–H and O–H groups in total. The molecule has 5 heteroatoms. The minimum absolute atomic E-state index is 0.0528. The number of hydrogen-bond donors (Lipinski definition) is 1. The SMILES string of the molecule is CN[C@H]1CCCN(C(=O)COCc2ccccc2Cl)C1. The van der Waals surface area contributed by atoms with E-state index in [9.17, 15) is 4.79 Å². The maximum absolute atomic E-state index is 12.1. The molecule has 1 heterocycles. The monoisotopic (exact) mass is 296 g/mol. The van der Waals surface area contributed by atoms with Gasteiger partial charge in [-0.15, -0.1) is 0 Å². The summed E-state index contributed by atoms with van der Waals surface area (Å²) in [6, 6.07) is 7.92. The van der Waals surface area contributed by atoms with Crippen LogP contribution < -0.4 is 5.32 Å². The Morgan fingerprint density at radius 3 is 3.05 bits per heavy atom. The molecule has 0 saturated carbocycles. The highest BCUT2D eigenvalue weighted by Gasteiger charge is 2.22. The number of amides is 1. The molecule has 1 saturated heterocycles. The zero-order valence-corrected chi connectivity index (χ0v) is 12.5. The summed E-state index contributed by atoms with van der Waals surface area (Å²) < 4.78 is 5.49. The maximum Gasteiger partial charge on any atom is 0.248 e. The topological polar surface area (TPSA) is 41.6 Å². The van der Waals surface area contributed by atoms with Crippen LogP contribution in [-0.2, 0) is 16.1 Å². The van der Waals surface area contributed by atoms with Gasteiger partial charge in [-0.05, 0) is 31.5 Å². The van der Waals surface area contributed by atoms with E-state index in [4.69, 9.17) is 16.3 Å². The Kier molecular flexibility index (Phi) is 5.83. The number of likely N-dealkylation sites (N-methyl/N-ethyl adjacent to an activating group) is 1. The zero-order chi connectivity index (χ0) is 14.4. The highest BCUT2D eigenvalue weighted by molar-refractivity contribution is 6.31. The summed E-state index contributed by atoms with van der Waals surface area (Å²) in [5.41, 5.74) is 0.911. The summed E-state index contributed by atoms with van der Waals surface area (Å²) >= 11 is 6.04. The summed E-state index contributed by atoms with van der Waals surface area (Å²) in [6.07, 6.45) is 2.17. The molecule has 1 aliphatic heterocycles. The van der Waals surface area contributed by atoms with Crippen molar-refractivity contribution in [3.63, 3.8) is 0 Å². The molecule has 0 bridgehead atoms. The van der Waals surface area contributed by atoms with E-state index in [1.54, 1.807) is 0 Å². The van der Waals surface area contributed by atoms with Gasteiger partial charge in [-0.25, -0.2) is 0 Å². The smallest absolute Gasteiger partial charge is 0.248 e. The first-order chi connectivity index (χ1) is 9.70. The van der Waals surface area contributed by atoms with Crippen molar-refractivity contribution in [3.8, 4) is 0 Å². The first-order valence-corrected chi connectivity index (χ1v) is 7.34.